The van der Waals surface area contributed by atoms with Gasteiger partial charge in [0.15, 0.2) is 0 Å². The minimum absolute atomic E-state index is 0.328. The van der Waals surface area contributed by atoms with Gasteiger partial charge >= 0.3 is 30.5 Å². The van der Waals surface area contributed by atoms with E-state index < -0.39 is 36.2 Å². The number of halogens is 9. The number of nitrogens with zero attached hydrogens (tertiary/aromatic N) is 2. The molecule has 0 radical (unpaired) electrons. The van der Waals surface area contributed by atoms with Crippen LogP contribution in [0.25, 0.3) is 11.1 Å². The lowest BCUT2D eigenvalue weighted by molar-refractivity contribution is -0.193. The number of rotatable bonds is 2. The van der Waals surface area contributed by atoms with Gasteiger partial charge in [0, 0.05) is 36.3 Å². The van der Waals surface area contributed by atoms with Crippen LogP contribution in [-0.2, 0) is 22.3 Å². The number of carboxylic acid groups (broad SMARTS) is 2. The Morgan fingerprint density at radius 3 is 1.59 bits per heavy atom. The van der Waals surface area contributed by atoms with Crippen molar-refractivity contribution in [2.75, 3.05) is 0 Å². The van der Waals surface area contributed by atoms with Gasteiger partial charge in [0.05, 0.1) is 0 Å². The van der Waals surface area contributed by atoms with E-state index in [9.17, 15) is 39.5 Å². The van der Waals surface area contributed by atoms with Gasteiger partial charge in [-0.05, 0) is 17.7 Å². The second-order valence-corrected chi connectivity index (χ2v) is 5.32. The molecule has 0 spiro atoms. The quantitative estimate of drug-likeness (QED) is 0.556. The topological polar surface area (TPSA) is 126 Å². The predicted octanol–water partition coefficient (Wildman–Crippen LogP) is 3.89. The molecule has 4 N–H and O–H groups in total. The monoisotopic (exact) mass is 481 g/mol. The second-order valence-electron chi connectivity index (χ2n) is 5.32. The average molecular weight is 481 g/mol. The Morgan fingerprint density at radius 1 is 0.812 bits per heavy atom. The molecule has 2 aromatic heterocycles. The number of hydrogen-bond acceptors (Lipinski definition) is 5. The minimum atomic E-state index is -5.08. The van der Waals surface area contributed by atoms with Crippen LogP contribution < -0.4 is 5.73 Å². The number of hydrogen-bond donors (Lipinski definition) is 3. The van der Waals surface area contributed by atoms with E-state index in [0.29, 0.717) is 17.7 Å². The molecule has 0 atom stereocenters. The van der Waals surface area contributed by atoms with E-state index in [1.807, 2.05) is 0 Å². The zero-order valence-electron chi connectivity index (χ0n) is 15.3. The molecule has 2 aromatic rings. The first kappa shape index (κ1) is 28.6. The highest BCUT2D eigenvalue weighted by atomic mass is 19.4. The Morgan fingerprint density at radius 2 is 1.28 bits per heavy atom. The molecular formula is C16H12F9N3O4. The summed E-state index contributed by atoms with van der Waals surface area (Å²) in [5.74, 6) is -5.51. The average Bonchev–Trinajstić information content (AvgIpc) is 2.67. The number of carboxylic acids is 2. The number of aromatic nitrogens is 2. The first-order valence-corrected chi connectivity index (χ1v) is 7.67. The van der Waals surface area contributed by atoms with Crippen molar-refractivity contribution in [1.29, 1.82) is 0 Å². The summed E-state index contributed by atoms with van der Waals surface area (Å²) in [5.41, 5.74) is 6.65. The lowest BCUT2D eigenvalue weighted by Gasteiger charge is -2.07. The molecule has 0 bridgehead atoms. The predicted molar refractivity (Wildman–Crippen MR) is 87.7 cm³/mol. The smallest absolute Gasteiger partial charge is 0.475 e. The van der Waals surface area contributed by atoms with Gasteiger partial charge in [-0.2, -0.15) is 39.5 Å². The second kappa shape index (κ2) is 11.3. The molecule has 178 valence electrons. The van der Waals surface area contributed by atoms with Crippen LogP contribution in [0.5, 0.6) is 0 Å². The fourth-order valence-electron chi connectivity index (χ4n) is 1.49. The van der Waals surface area contributed by atoms with Gasteiger partial charge in [0.2, 0.25) is 0 Å². The van der Waals surface area contributed by atoms with E-state index in [4.69, 9.17) is 25.5 Å². The molecule has 0 fully saturated rings. The molecular weight excluding hydrogens is 469 g/mol. The van der Waals surface area contributed by atoms with E-state index >= 15 is 0 Å². The van der Waals surface area contributed by atoms with Gasteiger partial charge in [-0.3, -0.25) is 9.97 Å². The number of pyridine rings is 2. The number of aliphatic carboxylic acids is 2. The fourth-order valence-corrected chi connectivity index (χ4v) is 1.49. The van der Waals surface area contributed by atoms with Crippen LogP contribution >= 0.6 is 0 Å². The number of alkyl halides is 9. The maximum atomic E-state index is 12.3. The van der Waals surface area contributed by atoms with Crippen LogP contribution in [0.3, 0.4) is 0 Å². The third-order valence-electron chi connectivity index (χ3n) is 2.90. The molecule has 0 aliphatic carbocycles. The summed E-state index contributed by atoms with van der Waals surface area (Å²) >= 11 is 0. The summed E-state index contributed by atoms with van der Waals surface area (Å²) in [5, 5.41) is 14.2. The van der Waals surface area contributed by atoms with Crippen molar-refractivity contribution in [1.82, 2.24) is 9.97 Å². The summed E-state index contributed by atoms with van der Waals surface area (Å²) in [7, 11) is 0. The summed E-state index contributed by atoms with van der Waals surface area (Å²) in [6.07, 6.45) is -10.2. The largest absolute Gasteiger partial charge is 0.490 e. The standard InChI is InChI=1S/C12H10F3N3.2C2HF3O2/c13-12(14,15)11-2-1-9(7-18-11)10-3-8(4-16)5-17-6-10;2*3-2(4,5)1(6)7/h1-3,5-7H,4,16H2;2*(H,6,7). The summed E-state index contributed by atoms with van der Waals surface area (Å²) in [6.45, 7) is 0.328. The molecule has 0 amide bonds. The first-order chi connectivity index (χ1) is 14.4. The van der Waals surface area contributed by atoms with Crippen LogP contribution in [0.1, 0.15) is 11.3 Å². The maximum absolute atomic E-state index is 12.3. The summed E-state index contributed by atoms with van der Waals surface area (Å²) < 4.78 is 101. The van der Waals surface area contributed by atoms with E-state index in [2.05, 4.69) is 9.97 Å². The SMILES string of the molecule is NCc1cncc(-c2ccc(C(F)(F)F)nc2)c1.O=C(O)C(F)(F)F.O=C(O)C(F)(F)F. The van der Waals surface area contributed by atoms with Gasteiger partial charge in [-0.15, -0.1) is 0 Å². The molecule has 32 heavy (non-hydrogen) atoms. The molecule has 0 unspecified atom stereocenters. The van der Waals surface area contributed by atoms with Crippen LogP contribution in [0.4, 0.5) is 39.5 Å². The van der Waals surface area contributed by atoms with Crippen molar-refractivity contribution in [2.24, 2.45) is 5.73 Å². The molecule has 0 saturated carbocycles. The van der Waals surface area contributed by atoms with Gasteiger partial charge in [-0.25, -0.2) is 9.59 Å². The van der Waals surface area contributed by atoms with Gasteiger partial charge in [0.1, 0.15) is 5.69 Å². The lowest BCUT2D eigenvalue weighted by atomic mass is 10.1. The Hall–Kier alpha value is -3.43. The third kappa shape index (κ3) is 10.6. The van der Waals surface area contributed by atoms with Crippen molar-refractivity contribution >= 4 is 11.9 Å². The fraction of sp³-hybridized carbons (Fsp3) is 0.250. The minimum Gasteiger partial charge on any atom is -0.475 e. The molecule has 0 aliphatic rings. The molecule has 2 rings (SSSR count). The van der Waals surface area contributed by atoms with Crippen LogP contribution in [0.15, 0.2) is 36.8 Å². The Balaban J connectivity index is 0.000000570. The highest BCUT2D eigenvalue weighted by Gasteiger charge is 2.38. The Kier molecular flexibility index (Phi) is 10.1. The van der Waals surface area contributed by atoms with Crippen molar-refractivity contribution < 1.29 is 59.3 Å². The molecule has 2 heterocycles. The zero-order chi connectivity index (χ0) is 25.3. The number of nitrogens with two attached hydrogens (primary N) is 1. The summed E-state index contributed by atoms with van der Waals surface area (Å²) in [4.78, 5) is 25.2. The van der Waals surface area contributed by atoms with Crippen molar-refractivity contribution in [3.05, 3.63) is 48.0 Å². The van der Waals surface area contributed by atoms with Gasteiger partial charge in [-0.1, -0.05) is 6.07 Å². The highest BCUT2D eigenvalue weighted by Crippen LogP contribution is 2.28. The Labute approximate surface area is 172 Å². The maximum Gasteiger partial charge on any atom is 0.490 e. The van der Waals surface area contributed by atoms with E-state index in [-0.39, 0.29) is 0 Å². The van der Waals surface area contributed by atoms with Crippen molar-refractivity contribution in [3.8, 4) is 11.1 Å². The molecule has 0 aliphatic heterocycles. The van der Waals surface area contributed by atoms with Gasteiger partial charge in [0.25, 0.3) is 0 Å². The van der Waals surface area contributed by atoms with Crippen molar-refractivity contribution in [2.45, 2.75) is 25.1 Å². The Bertz CT molecular complexity index is 871. The molecule has 0 aromatic carbocycles. The van der Waals surface area contributed by atoms with Crippen LogP contribution in [0.2, 0.25) is 0 Å². The lowest BCUT2D eigenvalue weighted by Crippen LogP contribution is -2.21. The highest BCUT2D eigenvalue weighted by molar-refractivity contribution is 5.73. The number of carbonyl (C=O) groups is 2. The zero-order valence-corrected chi connectivity index (χ0v) is 15.3. The normalized spacial score (nSPS) is 11.4. The van der Waals surface area contributed by atoms with E-state index in [1.165, 1.54) is 12.3 Å². The third-order valence-corrected chi connectivity index (χ3v) is 2.90. The summed E-state index contributed by atoms with van der Waals surface area (Å²) in [6, 6.07) is 4.09. The molecule has 7 nitrogen and oxygen atoms in total. The first-order valence-electron chi connectivity index (χ1n) is 7.67. The molecule has 16 heteroatoms. The van der Waals surface area contributed by atoms with Crippen LogP contribution in [-0.4, -0.2) is 44.5 Å². The van der Waals surface area contributed by atoms with E-state index in [1.54, 1.807) is 18.5 Å². The van der Waals surface area contributed by atoms with E-state index in [0.717, 1.165) is 11.6 Å². The van der Waals surface area contributed by atoms with Crippen molar-refractivity contribution in [3.63, 3.8) is 0 Å². The molecule has 0 saturated heterocycles. The van der Waals surface area contributed by atoms with Gasteiger partial charge < -0.3 is 15.9 Å². The van der Waals surface area contributed by atoms with Crippen LogP contribution in [0, 0.1) is 0 Å².